The summed E-state index contributed by atoms with van der Waals surface area (Å²) in [5.41, 5.74) is 0. The zero-order valence-electron chi connectivity index (χ0n) is 65.5. The van der Waals surface area contributed by atoms with Crippen molar-refractivity contribution in [2.75, 3.05) is 39.6 Å². The van der Waals surface area contributed by atoms with Gasteiger partial charge in [-0.15, -0.1) is 0 Å². The van der Waals surface area contributed by atoms with Crippen molar-refractivity contribution in [2.45, 2.75) is 445 Å². The number of hydrogen-bond donors (Lipinski definition) is 3. The molecule has 0 radical (unpaired) electrons. The Hall–Kier alpha value is -1.94. The van der Waals surface area contributed by atoms with Crippen molar-refractivity contribution in [2.24, 2.45) is 11.8 Å². The van der Waals surface area contributed by atoms with Crippen LogP contribution in [0.5, 0.6) is 0 Å². The molecule has 0 aromatic heterocycles. The van der Waals surface area contributed by atoms with Crippen LogP contribution in [0.1, 0.15) is 427 Å². The summed E-state index contributed by atoms with van der Waals surface area (Å²) in [7, 11) is -9.92. The van der Waals surface area contributed by atoms with E-state index in [1.807, 2.05) is 0 Å². The summed E-state index contributed by atoms with van der Waals surface area (Å²) in [6.45, 7) is 9.64. The summed E-state index contributed by atoms with van der Waals surface area (Å²) < 4.78 is 68.7. The van der Waals surface area contributed by atoms with Gasteiger partial charge < -0.3 is 33.8 Å². The van der Waals surface area contributed by atoms with E-state index in [1.54, 1.807) is 0 Å². The summed E-state index contributed by atoms with van der Waals surface area (Å²) in [6.07, 6.45) is 62.4. The average molecular weight is 1470 g/mol. The molecule has 0 heterocycles. The van der Waals surface area contributed by atoms with Gasteiger partial charge in [0, 0.05) is 25.7 Å². The van der Waals surface area contributed by atoms with Gasteiger partial charge in [0.05, 0.1) is 26.4 Å². The Morgan fingerprint density at radius 2 is 0.460 bits per heavy atom. The Labute approximate surface area is 613 Å². The van der Waals surface area contributed by atoms with E-state index >= 15 is 0 Å². The summed E-state index contributed by atoms with van der Waals surface area (Å²) in [5.74, 6) is -0.572. The Morgan fingerprint density at radius 3 is 0.680 bits per heavy atom. The molecule has 0 bridgehead atoms. The van der Waals surface area contributed by atoms with Crippen LogP contribution in [-0.2, 0) is 65.4 Å². The zero-order valence-corrected chi connectivity index (χ0v) is 67.3. The first-order chi connectivity index (χ1) is 48.4. The quantitative estimate of drug-likeness (QED) is 0.0222. The monoisotopic (exact) mass is 1470 g/mol. The molecule has 0 saturated carbocycles. The molecule has 2 unspecified atom stereocenters. The van der Waals surface area contributed by atoms with Crippen LogP contribution in [0.25, 0.3) is 0 Å². The number of rotatable bonds is 80. The Kier molecular flexibility index (Phi) is 71.2. The lowest BCUT2D eigenvalue weighted by atomic mass is 10.0. The molecule has 0 fully saturated rings. The summed E-state index contributed by atoms with van der Waals surface area (Å²) in [6, 6.07) is 0. The fourth-order valence-corrected chi connectivity index (χ4v) is 14.1. The Balaban J connectivity index is 5.25. The SMILES string of the molecule is CCCCCCCCCCCCCCCCCCCCCC(=O)O[C@H](COC(=O)CCCCCCCCCCCCCCCC(C)C)COP(=O)(O)OC[C@@H](O)COP(=O)(O)OC[C@@H](COC(=O)CCCCCCCCCCCC(C)C)OC(=O)CCCCCCCCCCCCCCC. The van der Waals surface area contributed by atoms with Gasteiger partial charge in [-0.3, -0.25) is 37.3 Å². The van der Waals surface area contributed by atoms with Crippen LogP contribution in [0.3, 0.4) is 0 Å². The fourth-order valence-electron chi connectivity index (χ4n) is 12.5. The molecular weight excluding hydrogens is 1310 g/mol. The van der Waals surface area contributed by atoms with Gasteiger partial charge >= 0.3 is 39.5 Å². The summed E-state index contributed by atoms with van der Waals surface area (Å²) >= 11 is 0. The van der Waals surface area contributed by atoms with E-state index in [2.05, 4.69) is 41.5 Å². The first-order valence-electron chi connectivity index (χ1n) is 42.0. The van der Waals surface area contributed by atoms with Gasteiger partial charge in [0.15, 0.2) is 12.2 Å². The molecule has 0 aromatic rings. The minimum atomic E-state index is -4.96. The number of phosphoric acid groups is 2. The third-order valence-electron chi connectivity index (χ3n) is 19.0. The number of ether oxygens (including phenoxy) is 4. The number of aliphatic hydroxyl groups is 1. The van der Waals surface area contributed by atoms with Crippen LogP contribution in [-0.4, -0.2) is 96.7 Å². The third-order valence-corrected chi connectivity index (χ3v) is 20.9. The molecule has 0 saturated heterocycles. The third kappa shape index (κ3) is 74.3. The molecule has 0 aliphatic rings. The topological polar surface area (TPSA) is 237 Å². The highest BCUT2D eigenvalue weighted by Gasteiger charge is 2.30. The minimum absolute atomic E-state index is 0.107. The maximum atomic E-state index is 13.1. The molecule has 0 aliphatic heterocycles. The molecule has 5 atom stereocenters. The van der Waals surface area contributed by atoms with Gasteiger partial charge in [0.2, 0.25) is 0 Å². The van der Waals surface area contributed by atoms with Gasteiger partial charge in [-0.25, -0.2) is 9.13 Å². The van der Waals surface area contributed by atoms with Crippen molar-refractivity contribution in [1.82, 2.24) is 0 Å². The highest BCUT2D eigenvalue weighted by Crippen LogP contribution is 2.45. The van der Waals surface area contributed by atoms with Crippen molar-refractivity contribution in [3.8, 4) is 0 Å². The number of carbonyl (C=O) groups excluding carboxylic acids is 4. The first kappa shape index (κ1) is 98.1. The van der Waals surface area contributed by atoms with E-state index in [0.717, 1.165) is 102 Å². The molecule has 19 heteroatoms. The maximum Gasteiger partial charge on any atom is 0.472 e. The maximum absolute atomic E-state index is 13.1. The molecule has 0 aliphatic carbocycles. The van der Waals surface area contributed by atoms with Crippen LogP contribution in [0, 0.1) is 11.8 Å². The average Bonchev–Trinajstić information content (AvgIpc) is 0.927. The molecule has 0 amide bonds. The second-order valence-corrected chi connectivity index (χ2v) is 33.0. The van der Waals surface area contributed by atoms with Crippen LogP contribution < -0.4 is 0 Å². The van der Waals surface area contributed by atoms with E-state index in [9.17, 15) is 43.2 Å². The standard InChI is InChI=1S/C81H158O17P2/c1-7-9-11-13-15-17-19-21-22-23-24-25-26-30-35-41-48-54-60-66-81(86)97-76(69-91-78(83)63-57-51-45-39-33-31-27-29-32-37-43-49-55-61-73(3)4)71-95-99(87,88)93-67-75(82)68-94-100(89,90)96-72-77(70-92-79(84)64-58-52-46-42-36-38-44-50-56-62-74(5)6)98-80(85)65-59-53-47-40-34-28-20-18-16-14-12-10-8-2/h73-77,82H,7-72H2,1-6H3,(H,87,88)(H,89,90)/t75-,76-,77-/m1/s1. The van der Waals surface area contributed by atoms with Crippen LogP contribution in [0.2, 0.25) is 0 Å². The molecule has 3 N–H and O–H groups in total. The van der Waals surface area contributed by atoms with Crippen molar-refractivity contribution in [3.05, 3.63) is 0 Å². The smallest absolute Gasteiger partial charge is 0.462 e. The normalized spacial score (nSPS) is 13.9. The molecule has 0 aromatic carbocycles. The second kappa shape index (κ2) is 72.6. The number of hydrogen-bond acceptors (Lipinski definition) is 15. The van der Waals surface area contributed by atoms with Crippen molar-refractivity contribution >= 4 is 39.5 Å². The lowest BCUT2D eigenvalue weighted by Crippen LogP contribution is -2.30. The fraction of sp³-hybridized carbons (Fsp3) is 0.951. The van der Waals surface area contributed by atoms with Gasteiger partial charge in [0.25, 0.3) is 0 Å². The van der Waals surface area contributed by atoms with E-state index < -0.39 is 97.5 Å². The molecule has 0 rings (SSSR count). The van der Waals surface area contributed by atoms with Crippen molar-refractivity contribution in [1.29, 1.82) is 0 Å². The molecule has 100 heavy (non-hydrogen) atoms. The van der Waals surface area contributed by atoms with Crippen LogP contribution in [0.15, 0.2) is 0 Å². The minimum Gasteiger partial charge on any atom is -0.462 e. The van der Waals surface area contributed by atoms with Crippen molar-refractivity contribution < 1.29 is 80.2 Å². The van der Waals surface area contributed by atoms with E-state index in [1.165, 1.54) is 244 Å². The lowest BCUT2D eigenvalue weighted by Gasteiger charge is -2.21. The first-order valence-corrected chi connectivity index (χ1v) is 45.0. The molecule has 0 spiro atoms. The highest BCUT2D eigenvalue weighted by atomic mass is 31.2. The predicted octanol–water partition coefficient (Wildman–Crippen LogP) is 24.3. The van der Waals surface area contributed by atoms with E-state index in [-0.39, 0.29) is 25.7 Å². The number of carbonyl (C=O) groups is 4. The zero-order chi connectivity index (χ0) is 73.5. The van der Waals surface area contributed by atoms with E-state index in [0.29, 0.717) is 25.7 Å². The van der Waals surface area contributed by atoms with Crippen molar-refractivity contribution in [3.63, 3.8) is 0 Å². The number of esters is 4. The highest BCUT2D eigenvalue weighted by molar-refractivity contribution is 7.47. The van der Waals surface area contributed by atoms with Gasteiger partial charge in [-0.1, -0.05) is 375 Å². The lowest BCUT2D eigenvalue weighted by molar-refractivity contribution is -0.161. The second-order valence-electron chi connectivity index (χ2n) is 30.1. The Bertz CT molecular complexity index is 1920. The van der Waals surface area contributed by atoms with Gasteiger partial charge in [-0.05, 0) is 37.5 Å². The van der Waals surface area contributed by atoms with Gasteiger partial charge in [0.1, 0.15) is 19.3 Å². The largest absolute Gasteiger partial charge is 0.472 e. The van der Waals surface area contributed by atoms with Gasteiger partial charge in [-0.2, -0.15) is 0 Å². The number of phosphoric ester groups is 2. The molecule has 17 nitrogen and oxygen atoms in total. The van der Waals surface area contributed by atoms with E-state index in [4.69, 9.17) is 37.0 Å². The summed E-state index contributed by atoms with van der Waals surface area (Å²) in [4.78, 5) is 73.0. The van der Waals surface area contributed by atoms with Crippen LogP contribution in [0.4, 0.5) is 0 Å². The number of aliphatic hydroxyl groups excluding tert-OH is 1. The Morgan fingerprint density at radius 1 is 0.270 bits per heavy atom. The summed E-state index contributed by atoms with van der Waals surface area (Å²) in [5, 5.41) is 10.6. The predicted molar refractivity (Wildman–Crippen MR) is 409 cm³/mol. The number of unbranched alkanes of at least 4 members (excludes halogenated alkanes) is 50. The van der Waals surface area contributed by atoms with Crippen LogP contribution >= 0.6 is 15.6 Å². The molecular formula is C81H158O17P2. The molecule has 594 valence electrons.